The zero-order valence-corrected chi connectivity index (χ0v) is 14.2. The molecule has 0 saturated heterocycles. The van der Waals surface area contributed by atoms with E-state index in [1.54, 1.807) is 22.9 Å². The Morgan fingerprint density at radius 2 is 1.84 bits per heavy atom. The predicted octanol–water partition coefficient (Wildman–Crippen LogP) is 4.30. The van der Waals surface area contributed by atoms with Crippen LogP contribution in [0.2, 0.25) is 0 Å². The van der Waals surface area contributed by atoms with E-state index in [-0.39, 0.29) is 5.91 Å². The summed E-state index contributed by atoms with van der Waals surface area (Å²) >= 11 is 0. The zero-order chi connectivity index (χ0) is 17.5. The van der Waals surface area contributed by atoms with Gasteiger partial charge in [0.25, 0.3) is 5.91 Å². The summed E-state index contributed by atoms with van der Waals surface area (Å²) in [4.78, 5) is 12.3. The summed E-state index contributed by atoms with van der Waals surface area (Å²) in [5.74, 6) is 1.09. The van der Waals surface area contributed by atoms with Crippen molar-refractivity contribution < 1.29 is 9.53 Å². The average molecular weight is 335 g/mol. The highest BCUT2D eigenvalue weighted by Gasteiger charge is 2.09. The van der Waals surface area contributed by atoms with Gasteiger partial charge in [-0.25, -0.2) is 4.68 Å². The Balaban J connectivity index is 1.61. The van der Waals surface area contributed by atoms with E-state index in [1.165, 1.54) is 0 Å². The van der Waals surface area contributed by atoms with Crippen molar-refractivity contribution in [1.29, 1.82) is 0 Å². The molecule has 1 amide bonds. The molecule has 0 spiro atoms. The topological polar surface area (TPSA) is 56.1 Å². The van der Waals surface area contributed by atoms with E-state index < -0.39 is 0 Å². The molecule has 5 heteroatoms. The van der Waals surface area contributed by atoms with E-state index in [4.69, 9.17) is 4.74 Å². The molecular formula is C20H21N3O2. The predicted molar refractivity (Wildman–Crippen MR) is 98.4 cm³/mol. The molecule has 1 heterocycles. The molecule has 1 aromatic heterocycles. The van der Waals surface area contributed by atoms with E-state index in [0.29, 0.717) is 18.0 Å². The third-order valence-corrected chi connectivity index (χ3v) is 3.73. The van der Waals surface area contributed by atoms with E-state index >= 15 is 0 Å². The number of anilines is 1. The molecule has 0 atom stereocenters. The first kappa shape index (κ1) is 16.8. The summed E-state index contributed by atoms with van der Waals surface area (Å²) in [5.41, 5.74) is 1.51. The third kappa shape index (κ3) is 4.47. The van der Waals surface area contributed by atoms with Crippen LogP contribution in [0.15, 0.2) is 66.9 Å². The van der Waals surface area contributed by atoms with Crippen molar-refractivity contribution in [2.45, 2.75) is 19.8 Å². The number of ether oxygens (including phenoxy) is 1. The molecule has 25 heavy (non-hydrogen) atoms. The van der Waals surface area contributed by atoms with Crippen LogP contribution in [-0.4, -0.2) is 22.3 Å². The van der Waals surface area contributed by atoms with Gasteiger partial charge in [0.15, 0.2) is 5.82 Å². The summed E-state index contributed by atoms with van der Waals surface area (Å²) in [5, 5.41) is 7.18. The first-order valence-electron chi connectivity index (χ1n) is 8.41. The van der Waals surface area contributed by atoms with Gasteiger partial charge < -0.3 is 10.1 Å². The summed E-state index contributed by atoms with van der Waals surface area (Å²) in [6.45, 7) is 2.81. The molecule has 0 radical (unpaired) electrons. The van der Waals surface area contributed by atoms with Gasteiger partial charge >= 0.3 is 0 Å². The quantitative estimate of drug-likeness (QED) is 0.655. The van der Waals surface area contributed by atoms with Crippen LogP contribution in [0.3, 0.4) is 0 Å². The zero-order valence-electron chi connectivity index (χ0n) is 14.2. The highest BCUT2D eigenvalue weighted by molar-refractivity contribution is 6.03. The van der Waals surface area contributed by atoms with Crippen molar-refractivity contribution in [2.24, 2.45) is 0 Å². The molecule has 2 aromatic carbocycles. The van der Waals surface area contributed by atoms with Gasteiger partial charge in [0, 0.05) is 17.8 Å². The normalized spacial score (nSPS) is 10.4. The monoisotopic (exact) mass is 335 g/mol. The van der Waals surface area contributed by atoms with Gasteiger partial charge in [0.05, 0.1) is 12.3 Å². The van der Waals surface area contributed by atoms with Crippen molar-refractivity contribution >= 4 is 11.7 Å². The molecule has 0 aliphatic carbocycles. The molecular weight excluding hydrogens is 314 g/mol. The van der Waals surface area contributed by atoms with Crippen molar-refractivity contribution in [3.8, 4) is 11.4 Å². The van der Waals surface area contributed by atoms with Gasteiger partial charge in [-0.3, -0.25) is 4.79 Å². The number of rotatable bonds is 7. The smallest absolute Gasteiger partial charge is 0.256 e. The Bertz CT molecular complexity index is 810. The highest BCUT2D eigenvalue weighted by atomic mass is 16.5. The van der Waals surface area contributed by atoms with Crippen molar-refractivity contribution in [1.82, 2.24) is 9.78 Å². The first-order valence-corrected chi connectivity index (χ1v) is 8.41. The lowest BCUT2D eigenvalue weighted by Crippen LogP contribution is -2.12. The van der Waals surface area contributed by atoms with E-state index in [2.05, 4.69) is 17.3 Å². The summed E-state index contributed by atoms with van der Waals surface area (Å²) in [6.07, 6.45) is 3.93. The molecule has 0 saturated carbocycles. The Hall–Kier alpha value is -3.08. The number of nitrogens with one attached hydrogen (secondary N) is 1. The van der Waals surface area contributed by atoms with Crippen LogP contribution >= 0.6 is 0 Å². The maximum Gasteiger partial charge on any atom is 0.256 e. The second kappa shape index (κ2) is 8.15. The van der Waals surface area contributed by atoms with Gasteiger partial charge in [-0.05, 0) is 42.8 Å². The Kier molecular flexibility index (Phi) is 5.46. The molecule has 0 bridgehead atoms. The van der Waals surface area contributed by atoms with E-state index in [0.717, 1.165) is 24.3 Å². The highest BCUT2D eigenvalue weighted by Crippen LogP contribution is 2.15. The number of unbranched alkanes of at least 4 members (excludes halogenated alkanes) is 1. The SMILES string of the molecule is CCCCOc1ccc(C(=O)Nc2ccn(-c3ccccc3)n2)cc1. The summed E-state index contributed by atoms with van der Waals surface area (Å²) < 4.78 is 7.33. The number of carbonyl (C=O) groups excluding carboxylic acids is 1. The minimum atomic E-state index is -0.196. The molecule has 5 nitrogen and oxygen atoms in total. The van der Waals surface area contributed by atoms with Crippen LogP contribution < -0.4 is 10.1 Å². The van der Waals surface area contributed by atoms with Crippen molar-refractivity contribution in [3.05, 3.63) is 72.4 Å². The lowest BCUT2D eigenvalue weighted by atomic mass is 10.2. The molecule has 0 aliphatic rings. The second-order valence-corrected chi connectivity index (χ2v) is 5.66. The Morgan fingerprint density at radius 3 is 2.56 bits per heavy atom. The van der Waals surface area contributed by atoms with Crippen LogP contribution in [0.1, 0.15) is 30.1 Å². The van der Waals surface area contributed by atoms with Crippen LogP contribution in [0, 0.1) is 0 Å². The number of benzene rings is 2. The Morgan fingerprint density at radius 1 is 1.08 bits per heavy atom. The number of nitrogens with zero attached hydrogens (tertiary/aromatic N) is 2. The maximum absolute atomic E-state index is 12.3. The van der Waals surface area contributed by atoms with Crippen LogP contribution in [0.4, 0.5) is 5.82 Å². The number of hydrogen-bond acceptors (Lipinski definition) is 3. The lowest BCUT2D eigenvalue weighted by molar-refractivity contribution is 0.102. The van der Waals surface area contributed by atoms with Crippen LogP contribution in [0.5, 0.6) is 5.75 Å². The van der Waals surface area contributed by atoms with Crippen molar-refractivity contribution in [2.75, 3.05) is 11.9 Å². The van der Waals surface area contributed by atoms with Crippen LogP contribution in [0.25, 0.3) is 5.69 Å². The van der Waals surface area contributed by atoms with Gasteiger partial charge in [0.2, 0.25) is 0 Å². The molecule has 3 aromatic rings. The van der Waals surface area contributed by atoms with Gasteiger partial charge in [-0.1, -0.05) is 31.5 Å². The first-order chi connectivity index (χ1) is 12.3. The minimum Gasteiger partial charge on any atom is -0.494 e. The fraction of sp³-hybridized carbons (Fsp3) is 0.200. The van der Waals surface area contributed by atoms with Crippen molar-refractivity contribution in [3.63, 3.8) is 0 Å². The molecule has 3 rings (SSSR count). The maximum atomic E-state index is 12.3. The number of carbonyl (C=O) groups is 1. The summed E-state index contributed by atoms with van der Waals surface area (Å²) in [7, 11) is 0. The van der Waals surface area contributed by atoms with Gasteiger partial charge in [-0.2, -0.15) is 5.10 Å². The number of amides is 1. The second-order valence-electron chi connectivity index (χ2n) is 5.66. The molecule has 0 fully saturated rings. The third-order valence-electron chi connectivity index (χ3n) is 3.73. The number of aromatic nitrogens is 2. The molecule has 0 unspecified atom stereocenters. The fourth-order valence-corrected chi connectivity index (χ4v) is 2.34. The Labute approximate surface area is 147 Å². The van der Waals surface area contributed by atoms with E-state index in [9.17, 15) is 4.79 Å². The fourth-order valence-electron chi connectivity index (χ4n) is 2.34. The molecule has 0 aliphatic heterocycles. The summed E-state index contributed by atoms with van der Waals surface area (Å²) in [6, 6.07) is 18.7. The largest absolute Gasteiger partial charge is 0.494 e. The van der Waals surface area contributed by atoms with Crippen LogP contribution in [-0.2, 0) is 0 Å². The number of para-hydroxylation sites is 1. The number of hydrogen-bond donors (Lipinski definition) is 1. The lowest BCUT2D eigenvalue weighted by Gasteiger charge is -2.06. The average Bonchev–Trinajstić information content (AvgIpc) is 3.12. The molecule has 1 N–H and O–H groups in total. The molecule has 128 valence electrons. The minimum absolute atomic E-state index is 0.196. The standard InChI is InChI=1S/C20H21N3O2/c1-2-3-15-25-18-11-9-16(10-12-18)20(24)21-19-13-14-23(22-19)17-7-5-4-6-8-17/h4-14H,2-3,15H2,1H3,(H,21,22,24). The van der Waals surface area contributed by atoms with Gasteiger partial charge in [0.1, 0.15) is 5.75 Å². The van der Waals surface area contributed by atoms with E-state index in [1.807, 2.05) is 48.7 Å². The van der Waals surface area contributed by atoms with Gasteiger partial charge in [-0.15, -0.1) is 0 Å².